The average molecular weight is 208 g/mol. The number of hydrogen-bond acceptors (Lipinski definition) is 4. The number of ketones is 1. The van der Waals surface area contributed by atoms with E-state index in [1.54, 1.807) is 0 Å². The highest BCUT2D eigenvalue weighted by molar-refractivity contribution is 7.99. The lowest BCUT2D eigenvalue weighted by Crippen LogP contribution is -2.07. The molecule has 0 aromatic carbocycles. The molecule has 2 heterocycles. The van der Waals surface area contributed by atoms with Gasteiger partial charge in [-0.3, -0.25) is 4.79 Å². The van der Waals surface area contributed by atoms with Crippen molar-refractivity contribution in [2.24, 2.45) is 0 Å². The van der Waals surface area contributed by atoms with Gasteiger partial charge in [-0.2, -0.15) is 11.8 Å². The van der Waals surface area contributed by atoms with E-state index in [0.29, 0.717) is 5.82 Å². The standard InChI is InChI=1S/C10H12N2OS/c1-7(13)10-11-6-8-2-4-14-5-3-9(8)12-10/h6H,2-5H2,1H3. The van der Waals surface area contributed by atoms with Crippen LogP contribution in [0.2, 0.25) is 0 Å². The molecule has 1 aliphatic rings. The molecular weight excluding hydrogens is 196 g/mol. The van der Waals surface area contributed by atoms with Crippen LogP contribution in [0.25, 0.3) is 0 Å². The van der Waals surface area contributed by atoms with Crippen molar-refractivity contribution in [3.63, 3.8) is 0 Å². The topological polar surface area (TPSA) is 42.9 Å². The fourth-order valence-corrected chi connectivity index (χ4v) is 2.40. The summed E-state index contributed by atoms with van der Waals surface area (Å²) in [5, 5.41) is 0. The molecule has 0 atom stereocenters. The van der Waals surface area contributed by atoms with E-state index >= 15 is 0 Å². The molecule has 1 aromatic rings. The number of nitrogens with zero attached hydrogens (tertiary/aromatic N) is 2. The number of aryl methyl sites for hydroxylation is 2. The van der Waals surface area contributed by atoms with Crippen LogP contribution in [0.15, 0.2) is 6.20 Å². The first kappa shape index (κ1) is 9.65. The Kier molecular flexibility index (Phi) is 2.82. The largest absolute Gasteiger partial charge is 0.291 e. The summed E-state index contributed by atoms with van der Waals surface area (Å²) < 4.78 is 0. The molecule has 14 heavy (non-hydrogen) atoms. The van der Waals surface area contributed by atoms with E-state index in [0.717, 1.165) is 30.0 Å². The quantitative estimate of drug-likeness (QED) is 0.656. The minimum Gasteiger partial charge on any atom is -0.291 e. The Morgan fingerprint density at radius 3 is 3.00 bits per heavy atom. The third-order valence-electron chi connectivity index (χ3n) is 2.27. The third kappa shape index (κ3) is 1.95. The molecule has 0 radical (unpaired) electrons. The highest BCUT2D eigenvalue weighted by atomic mass is 32.2. The molecule has 1 aliphatic heterocycles. The van der Waals surface area contributed by atoms with Gasteiger partial charge in [0.05, 0.1) is 0 Å². The highest BCUT2D eigenvalue weighted by Gasteiger charge is 2.12. The predicted molar refractivity (Wildman–Crippen MR) is 56.8 cm³/mol. The second-order valence-corrected chi connectivity index (χ2v) is 4.56. The number of rotatable bonds is 1. The predicted octanol–water partition coefficient (Wildman–Crippen LogP) is 1.51. The van der Waals surface area contributed by atoms with E-state index < -0.39 is 0 Å². The van der Waals surface area contributed by atoms with Gasteiger partial charge in [0.1, 0.15) is 0 Å². The van der Waals surface area contributed by atoms with Crippen molar-refractivity contribution in [3.8, 4) is 0 Å². The molecule has 0 saturated heterocycles. The minimum atomic E-state index is -0.0512. The van der Waals surface area contributed by atoms with Gasteiger partial charge in [-0.1, -0.05) is 0 Å². The Morgan fingerprint density at radius 1 is 1.43 bits per heavy atom. The van der Waals surface area contributed by atoms with Gasteiger partial charge in [-0.15, -0.1) is 0 Å². The molecule has 0 saturated carbocycles. The molecule has 0 unspecified atom stereocenters. The molecular formula is C10H12N2OS. The lowest BCUT2D eigenvalue weighted by Gasteiger charge is -2.03. The second-order valence-electron chi connectivity index (χ2n) is 3.33. The normalized spacial score (nSPS) is 15.8. The van der Waals surface area contributed by atoms with Gasteiger partial charge >= 0.3 is 0 Å². The number of Topliss-reactive ketones (excluding diaryl/α,β-unsaturated/α-hetero) is 1. The van der Waals surface area contributed by atoms with Crippen LogP contribution in [0.4, 0.5) is 0 Å². The molecule has 0 spiro atoms. The molecule has 74 valence electrons. The summed E-state index contributed by atoms with van der Waals surface area (Å²) >= 11 is 1.93. The molecule has 1 aromatic heterocycles. The minimum absolute atomic E-state index is 0.0512. The molecule has 0 N–H and O–H groups in total. The van der Waals surface area contributed by atoms with E-state index in [1.165, 1.54) is 12.5 Å². The van der Waals surface area contributed by atoms with Gasteiger partial charge < -0.3 is 0 Å². The highest BCUT2D eigenvalue weighted by Crippen LogP contribution is 2.17. The van der Waals surface area contributed by atoms with Gasteiger partial charge in [-0.25, -0.2) is 9.97 Å². The number of fused-ring (bicyclic) bond motifs is 1. The zero-order valence-corrected chi connectivity index (χ0v) is 8.93. The van der Waals surface area contributed by atoms with Crippen LogP contribution >= 0.6 is 11.8 Å². The molecule has 3 nitrogen and oxygen atoms in total. The summed E-state index contributed by atoms with van der Waals surface area (Å²) in [6.07, 6.45) is 3.80. The van der Waals surface area contributed by atoms with Crippen molar-refractivity contribution in [1.82, 2.24) is 9.97 Å². The Labute approximate surface area is 87.3 Å². The SMILES string of the molecule is CC(=O)c1ncc2c(n1)CCSCC2. The van der Waals surface area contributed by atoms with E-state index in [9.17, 15) is 4.79 Å². The fourth-order valence-electron chi connectivity index (χ4n) is 1.49. The maximum Gasteiger partial charge on any atom is 0.196 e. The van der Waals surface area contributed by atoms with Crippen LogP contribution in [-0.4, -0.2) is 27.3 Å². The van der Waals surface area contributed by atoms with Crippen molar-refractivity contribution in [2.75, 3.05) is 11.5 Å². The first-order valence-corrected chi connectivity index (χ1v) is 5.86. The summed E-state index contributed by atoms with van der Waals surface area (Å²) in [5.41, 5.74) is 2.27. The smallest absolute Gasteiger partial charge is 0.196 e. The van der Waals surface area contributed by atoms with E-state index in [2.05, 4.69) is 9.97 Å². The van der Waals surface area contributed by atoms with Gasteiger partial charge in [0.25, 0.3) is 0 Å². The zero-order chi connectivity index (χ0) is 9.97. The van der Waals surface area contributed by atoms with Gasteiger partial charge in [0, 0.05) is 18.8 Å². The molecule has 2 rings (SSSR count). The number of carbonyl (C=O) groups excluding carboxylic acids is 1. The van der Waals surface area contributed by atoms with Gasteiger partial charge in [-0.05, 0) is 29.9 Å². The maximum atomic E-state index is 11.1. The van der Waals surface area contributed by atoms with Crippen LogP contribution in [0, 0.1) is 0 Å². The average Bonchev–Trinajstić information content (AvgIpc) is 2.41. The van der Waals surface area contributed by atoms with Crippen LogP contribution in [-0.2, 0) is 12.8 Å². The van der Waals surface area contributed by atoms with E-state index in [1.807, 2.05) is 18.0 Å². The van der Waals surface area contributed by atoms with Gasteiger partial charge in [0.15, 0.2) is 11.6 Å². The van der Waals surface area contributed by atoms with Gasteiger partial charge in [0.2, 0.25) is 0 Å². The Morgan fingerprint density at radius 2 is 2.21 bits per heavy atom. The van der Waals surface area contributed by atoms with Crippen molar-refractivity contribution >= 4 is 17.5 Å². The molecule has 0 bridgehead atoms. The zero-order valence-electron chi connectivity index (χ0n) is 8.12. The monoisotopic (exact) mass is 208 g/mol. The number of aromatic nitrogens is 2. The Balaban J connectivity index is 2.37. The van der Waals surface area contributed by atoms with E-state index in [4.69, 9.17) is 0 Å². The van der Waals surface area contributed by atoms with Crippen molar-refractivity contribution < 1.29 is 4.79 Å². The number of hydrogen-bond donors (Lipinski definition) is 0. The summed E-state index contributed by atoms with van der Waals surface area (Å²) in [5.74, 6) is 2.54. The summed E-state index contributed by atoms with van der Waals surface area (Å²) in [6, 6.07) is 0. The first-order chi connectivity index (χ1) is 6.77. The fraction of sp³-hybridized carbons (Fsp3) is 0.500. The lowest BCUT2D eigenvalue weighted by atomic mass is 10.1. The molecule has 4 heteroatoms. The Hall–Kier alpha value is -0.900. The number of carbonyl (C=O) groups is 1. The summed E-state index contributed by atoms with van der Waals surface area (Å²) in [7, 11) is 0. The van der Waals surface area contributed by atoms with Crippen LogP contribution < -0.4 is 0 Å². The Bertz CT molecular complexity index is 365. The van der Waals surface area contributed by atoms with Crippen molar-refractivity contribution in [2.45, 2.75) is 19.8 Å². The first-order valence-electron chi connectivity index (χ1n) is 4.71. The second kappa shape index (κ2) is 4.09. The molecule has 0 amide bonds. The van der Waals surface area contributed by atoms with Crippen molar-refractivity contribution in [3.05, 3.63) is 23.3 Å². The number of thioether (sulfide) groups is 1. The summed E-state index contributed by atoms with van der Waals surface area (Å²) in [4.78, 5) is 19.4. The van der Waals surface area contributed by atoms with Crippen LogP contribution in [0.1, 0.15) is 28.8 Å². The molecule has 0 fully saturated rings. The lowest BCUT2D eigenvalue weighted by molar-refractivity contribution is 0.100. The maximum absolute atomic E-state index is 11.1. The van der Waals surface area contributed by atoms with Crippen LogP contribution in [0.3, 0.4) is 0 Å². The summed E-state index contributed by atoms with van der Waals surface area (Å²) in [6.45, 7) is 1.51. The van der Waals surface area contributed by atoms with Crippen molar-refractivity contribution in [1.29, 1.82) is 0 Å². The van der Waals surface area contributed by atoms with Crippen LogP contribution in [0.5, 0.6) is 0 Å². The third-order valence-corrected chi connectivity index (χ3v) is 3.25. The van der Waals surface area contributed by atoms with E-state index in [-0.39, 0.29) is 5.78 Å². The molecule has 0 aliphatic carbocycles.